The highest BCUT2D eigenvalue weighted by atomic mass is 32.2. The summed E-state index contributed by atoms with van der Waals surface area (Å²) in [5.74, 6) is -0.540. The number of aromatic nitrogens is 5. The molecule has 1 aliphatic heterocycles. The van der Waals surface area contributed by atoms with Crippen LogP contribution in [0.3, 0.4) is 0 Å². The Kier molecular flexibility index (Phi) is 6.71. The van der Waals surface area contributed by atoms with Crippen molar-refractivity contribution >= 4 is 23.4 Å². The molecule has 0 radical (unpaired) electrons. The zero-order valence-electron chi connectivity index (χ0n) is 19.0. The number of thioether (sulfide) groups is 1. The number of nitrogens with zero attached hydrogens (tertiary/aromatic N) is 5. The second-order valence-electron chi connectivity index (χ2n) is 8.15. The van der Waals surface area contributed by atoms with Gasteiger partial charge in [-0.3, -0.25) is 23.3 Å². The summed E-state index contributed by atoms with van der Waals surface area (Å²) in [6, 6.07) is 5.92. The molecular weight excluding hydrogens is 463 g/mol. The zero-order valence-corrected chi connectivity index (χ0v) is 19.8. The second kappa shape index (κ2) is 9.55. The van der Waals surface area contributed by atoms with Crippen molar-refractivity contribution in [1.82, 2.24) is 23.9 Å². The number of nitrogen functional groups attached to an aromatic ring is 1. The molecule has 1 fully saturated rings. The van der Waals surface area contributed by atoms with Gasteiger partial charge in [0, 0.05) is 26.3 Å². The van der Waals surface area contributed by atoms with Crippen LogP contribution in [-0.4, -0.2) is 47.6 Å². The minimum atomic E-state index is -0.749. The summed E-state index contributed by atoms with van der Waals surface area (Å²) in [6.07, 6.45) is 1.79. The summed E-state index contributed by atoms with van der Waals surface area (Å²) < 4.78 is 23.0. The topological polar surface area (TPSA) is 127 Å². The SMILES string of the molecule is CC(Sc1nnc(-c2ccc(F)cc2)n1CC1CCCO1)C(=O)c1c(N)n(C)c(=O)n(C)c1=O. The van der Waals surface area contributed by atoms with Gasteiger partial charge in [0.15, 0.2) is 16.8 Å². The van der Waals surface area contributed by atoms with E-state index in [0.29, 0.717) is 29.7 Å². The molecule has 180 valence electrons. The van der Waals surface area contributed by atoms with E-state index in [1.807, 2.05) is 4.57 Å². The number of ketones is 1. The maximum atomic E-state index is 13.4. The third-order valence-electron chi connectivity index (χ3n) is 5.84. The van der Waals surface area contributed by atoms with Crippen molar-refractivity contribution in [3.63, 3.8) is 0 Å². The van der Waals surface area contributed by atoms with E-state index in [2.05, 4.69) is 10.2 Å². The molecule has 1 aromatic carbocycles. The molecule has 3 aromatic rings. The number of nitrogens with two attached hydrogens (primary N) is 1. The third kappa shape index (κ3) is 4.42. The lowest BCUT2D eigenvalue weighted by Crippen LogP contribution is -2.42. The maximum Gasteiger partial charge on any atom is 0.332 e. The molecular formula is C22H25FN6O4S. The van der Waals surface area contributed by atoms with Gasteiger partial charge in [0.1, 0.15) is 17.2 Å². The Bertz CT molecular complexity index is 1340. The van der Waals surface area contributed by atoms with E-state index in [4.69, 9.17) is 10.5 Å². The van der Waals surface area contributed by atoms with Crippen molar-refractivity contribution in [2.24, 2.45) is 14.1 Å². The van der Waals surface area contributed by atoms with E-state index < -0.39 is 22.3 Å². The Morgan fingerprint density at radius 1 is 1.24 bits per heavy atom. The first-order chi connectivity index (χ1) is 16.2. The number of halogens is 1. The molecule has 0 spiro atoms. The van der Waals surface area contributed by atoms with Gasteiger partial charge in [-0.15, -0.1) is 10.2 Å². The molecule has 2 N–H and O–H groups in total. The summed E-state index contributed by atoms with van der Waals surface area (Å²) in [5, 5.41) is 8.26. The highest BCUT2D eigenvalue weighted by Gasteiger charge is 2.28. The normalized spacial score (nSPS) is 16.6. The largest absolute Gasteiger partial charge is 0.384 e. The van der Waals surface area contributed by atoms with Gasteiger partial charge in [0.05, 0.1) is 17.9 Å². The second-order valence-corrected chi connectivity index (χ2v) is 9.46. The van der Waals surface area contributed by atoms with Gasteiger partial charge in [-0.2, -0.15) is 0 Å². The van der Waals surface area contributed by atoms with Crippen molar-refractivity contribution in [1.29, 1.82) is 0 Å². The summed E-state index contributed by atoms with van der Waals surface area (Å²) in [4.78, 5) is 37.9. The fraction of sp³-hybridized carbons (Fsp3) is 0.409. The number of rotatable bonds is 7. The van der Waals surface area contributed by atoms with Crippen LogP contribution in [0.5, 0.6) is 0 Å². The van der Waals surface area contributed by atoms with Gasteiger partial charge in [0.25, 0.3) is 5.56 Å². The monoisotopic (exact) mass is 488 g/mol. The van der Waals surface area contributed by atoms with E-state index in [1.54, 1.807) is 19.1 Å². The Morgan fingerprint density at radius 3 is 2.59 bits per heavy atom. The van der Waals surface area contributed by atoms with Crippen LogP contribution in [0.25, 0.3) is 11.4 Å². The molecule has 10 nitrogen and oxygen atoms in total. The lowest BCUT2D eigenvalue weighted by molar-refractivity contribution is 0.0953. The molecule has 0 bridgehead atoms. The first-order valence-electron chi connectivity index (χ1n) is 10.8. The molecule has 1 aliphatic rings. The molecule has 4 rings (SSSR count). The summed E-state index contributed by atoms with van der Waals surface area (Å²) >= 11 is 1.13. The van der Waals surface area contributed by atoms with Crippen LogP contribution in [0, 0.1) is 5.82 Å². The maximum absolute atomic E-state index is 13.4. The van der Waals surface area contributed by atoms with Gasteiger partial charge < -0.3 is 10.5 Å². The molecule has 3 heterocycles. The van der Waals surface area contributed by atoms with Crippen molar-refractivity contribution in [2.75, 3.05) is 12.3 Å². The Hall–Kier alpha value is -3.25. The molecule has 2 atom stereocenters. The van der Waals surface area contributed by atoms with Gasteiger partial charge in [0.2, 0.25) is 0 Å². The van der Waals surface area contributed by atoms with E-state index in [-0.39, 0.29) is 23.3 Å². The van der Waals surface area contributed by atoms with Gasteiger partial charge in [-0.1, -0.05) is 11.8 Å². The van der Waals surface area contributed by atoms with Gasteiger partial charge >= 0.3 is 5.69 Å². The van der Waals surface area contributed by atoms with Crippen molar-refractivity contribution < 1.29 is 13.9 Å². The van der Waals surface area contributed by atoms with Crippen LogP contribution in [-0.2, 0) is 25.4 Å². The number of anilines is 1. The minimum Gasteiger partial charge on any atom is -0.384 e. The molecule has 0 amide bonds. The number of hydrogen-bond acceptors (Lipinski definition) is 8. The van der Waals surface area contributed by atoms with Gasteiger partial charge in [-0.25, -0.2) is 9.18 Å². The van der Waals surface area contributed by atoms with E-state index in [9.17, 15) is 18.8 Å². The highest BCUT2D eigenvalue weighted by Crippen LogP contribution is 2.30. The average molecular weight is 489 g/mol. The Labute approximate surface area is 198 Å². The zero-order chi connectivity index (χ0) is 24.6. The molecule has 0 saturated carbocycles. The van der Waals surface area contributed by atoms with Crippen LogP contribution in [0.1, 0.15) is 30.1 Å². The molecule has 34 heavy (non-hydrogen) atoms. The lowest BCUT2D eigenvalue weighted by atomic mass is 10.1. The number of carbonyl (C=O) groups is 1. The van der Waals surface area contributed by atoms with Crippen LogP contribution in [0.4, 0.5) is 10.2 Å². The van der Waals surface area contributed by atoms with Gasteiger partial charge in [-0.05, 0) is 44.0 Å². The quantitative estimate of drug-likeness (QED) is 0.393. The van der Waals surface area contributed by atoms with E-state index in [0.717, 1.165) is 33.7 Å². The van der Waals surface area contributed by atoms with Crippen molar-refractivity contribution in [3.8, 4) is 11.4 Å². The van der Waals surface area contributed by atoms with Crippen molar-refractivity contribution in [2.45, 2.75) is 42.8 Å². The highest BCUT2D eigenvalue weighted by molar-refractivity contribution is 8.00. The average Bonchev–Trinajstić information content (AvgIpc) is 3.48. The fourth-order valence-electron chi connectivity index (χ4n) is 3.85. The summed E-state index contributed by atoms with van der Waals surface area (Å²) in [6.45, 7) is 2.78. The molecule has 0 aliphatic carbocycles. The lowest BCUT2D eigenvalue weighted by Gasteiger charge is -2.17. The Morgan fingerprint density at radius 2 is 1.94 bits per heavy atom. The summed E-state index contributed by atoms with van der Waals surface area (Å²) in [7, 11) is 2.70. The fourth-order valence-corrected chi connectivity index (χ4v) is 4.77. The molecule has 1 saturated heterocycles. The van der Waals surface area contributed by atoms with Crippen molar-refractivity contribution in [3.05, 3.63) is 56.5 Å². The van der Waals surface area contributed by atoms with Crippen LogP contribution in [0.2, 0.25) is 0 Å². The van der Waals surface area contributed by atoms with Crippen LogP contribution < -0.4 is 17.0 Å². The van der Waals surface area contributed by atoms with Crippen LogP contribution >= 0.6 is 11.8 Å². The Balaban J connectivity index is 1.68. The number of Topliss-reactive ketones (excluding diaryl/α,β-unsaturated/α-hetero) is 1. The first kappa shape index (κ1) is 23.9. The number of carbonyl (C=O) groups excluding carboxylic acids is 1. The number of ether oxygens (including phenoxy) is 1. The number of hydrogen-bond donors (Lipinski definition) is 1. The summed E-state index contributed by atoms with van der Waals surface area (Å²) in [5.41, 5.74) is 5.03. The predicted octanol–water partition coefficient (Wildman–Crippen LogP) is 1.61. The molecule has 2 unspecified atom stereocenters. The minimum absolute atomic E-state index is 0.0351. The molecule has 12 heteroatoms. The third-order valence-corrected chi connectivity index (χ3v) is 6.92. The number of benzene rings is 1. The van der Waals surface area contributed by atoms with E-state index >= 15 is 0 Å². The van der Waals surface area contributed by atoms with E-state index in [1.165, 1.54) is 26.2 Å². The predicted molar refractivity (Wildman–Crippen MR) is 125 cm³/mol. The molecule has 2 aromatic heterocycles. The standard InChI is InChI=1S/C22H25FN6O4S/c1-12(17(30)16-18(24)27(2)22(32)28(3)20(16)31)34-21-26-25-19(13-6-8-14(23)9-7-13)29(21)11-15-5-4-10-33-15/h6-9,12,15H,4-5,10-11,24H2,1-3H3. The smallest absolute Gasteiger partial charge is 0.332 e. The first-order valence-corrected chi connectivity index (χ1v) is 11.6. The van der Waals surface area contributed by atoms with Crippen LogP contribution in [0.15, 0.2) is 39.0 Å².